The van der Waals surface area contributed by atoms with Gasteiger partial charge in [0.1, 0.15) is 5.52 Å². The van der Waals surface area contributed by atoms with E-state index in [1.165, 1.54) is 0 Å². The van der Waals surface area contributed by atoms with Crippen LogP contribution in [-0.2, 0) is 0 Å². The minimum absolute atomic E-state index is 0.171. The molecule has 0 spiro atoms. The van der Waals surface area contributed by atoms with Gasteiger partial charge in [-0.15, -0.1) is 0 Å². The molecule has 0 aliphatic heterocycles. The number of anilines is 1. The number of aromatic nitrogens is 3. The summed E-state index contributed by atoms with van der Waals surface area (Å²) in [7, 11) is 0. The van der Waals surface area contributed by atoms with E-state index in [2.05, 4.69) is 20.6 Å². The van der Waals surface area contributed by atoms with Gasteiger partial charge in [-0.05, 0) is 31.7 Å². The van der Waals surface area contributed by atoms with Gasteiger partial charge in [0.15, 0.2) is 0 Å². The van der Waals surface area contributed by atoms with E-state index >= 15 is 0 Å². The topological polar surface area (TPSA) is 77.0 Å². The number of nitrogens with zero attached hydrogens (tertiary/aromatic N) is 3. The number of aliphatic hydroxyl groups excluding tert-OH is 1. The van der Waals surface area contributed by atoms with Crippen LogP contribution in [0.2, 0.25) is 0 Å². The second kappa shape index (κ2) is 4.70. The molecule has 1 aliphatic carbocycles. The number of hydrogen-bond donors (Lipinski definition) is 2. The van der Waals surface area contributed by atoms with Gasteiger partial charge in [-0.1, -0.05) is 18.2 Å². The molecule has 0 amide bonds. The quantitative estimate of drug-likeness (QED) is 0.719. The molecule has 1 fully saturated rings. The maximum Gasteiger partial charge on any atom is 0.201 e. The number of pyridine rings is 1. The van der Waals surface area contributed by atoms with Gasteiger partial charge in [-0.3, -0.25) is 4.98 Å². The van der Waals surface area contributed by atoms with Crippen LogP contribution in [0.3, 0.4) is 0 Å². The number of aliphatic hydroxyl groups is 1. The highest BCUT2D eigenvalue weighted by molar-refractivity contribution is 6.03. The Morgan fingerprint density at radius 2 is 1.86 bits per heavy atom. The number of nitrogen functional groups attached to an aromatic ring is 1. The minimum Gasteiger partial charge on any atom is -0.393 e. The third-order valence-electron chi connectivity index (χ3n) is 4.48. The molecule has 2 heterocycles. The molecule has 4 rings (SSSR count). The number of nitrogens with two attached hydrogens (primary N) is 1. The zero-order chi connectivity index (χ0) is 14.4. The average molecular weight is 282 g/mol. The molecule has 0 bridgehead atoms. The van der Waals surface area contributed by atoms with Crippen LogP contribution in [0.4, 0.5) is 5.95 Å². The lowest BCUT2D eigenvalue weighted by Crippen LogP contribution is -2.22. The fourth-order valence-corrected chi connectivity index (χ4v) is 3.43. The van der Waals surface area contributed by atoms with Crippen molar-refractivity contribution < 1.29 is 5.11 Å². The summed E-state index contributed by atoms with van der Waals surface area (Å²) < 4.78 is 2.14. The monoisotopic (exact) mass is 282 g/mol. The molecule has 5 heteroatoms. The van der Waals surface area contributed by atoms with E-state index in [1.54, 1.807) is 6.20 Å². The first kappa shape index (κ1) is 12.6. The van der Waals surface area contributed by atoms with Crippen molar-refractivity contribution in [2.45, 2.75) is 37.8 Å². The van der Waals surface area contributed by atoms with Crippen LogP contribution in [-0.4, -0.2) is 25.7 Å². The van der Waals surface area contributed by atoms with Crippen LogP contribution in [0.15, 0.2) is 30.5 Å². The molecule has 0 radical (unpaired) electrons. The highest BCUT2D eigenvalue weighted by Gasteiger charge is 2.24. The molecule has 1 saturated carbocycles. The van der Waals surface area contributed by atoms with Crippen molar-refractivity contribution in [3.8, 4) is 0 Å². The normalized spacial score (nSPS) is 22.9. The number of imidazole rings is 1. The first-order valence-electron chi connectivity index (χ1n) is 7.43. The molecule has 3 N–H and O–H groups in total. The third-order valence-corrected chi connectivity index (χ3v) is 4.48. The Labute approximate surface area is 122 Å². The fourth-order valence-electron chi connectivity index (χ4n) is 3.43. The number of benzene rings is 1. The van der Waals surface area contributed by atoms with E-state index in [4.69, 9.17) is 5.73 Å². The van der Waals surface area contributed by atoms with Crippen LogP contribution in [0, 0.1) is 0 Å². The zero-order valence-corrected chi connectivity index (χ0v) is 11.7. The molecule has 3 aromatic rings. The summed E-state index contributed by atoms with van der Waals surface area (Å²) in [4.78, 5) is 8.92. The standard InChI is InChI=1S/C16H18N4O/c17-16-19-14-9-18-13-4-2-1-3-12(13)15(14)20(16)10-5-7-11(21)8-6-10/h1-4,9-11,21H,5-8H2,(H2,17,19). The molecule has 2 aromatic heterocycles. The molecule has 1 aliphatic rings. The van der Waals surface area contributed by atoms with E-state index in [-0.39, 0.29) is 6.10 Å². The van der Waals surface area contributed by atoms with Gasteiger partial charge in [0, 0.05) is 11.4 Å². The molecular weight excluding hydrogens is 264 g/mol. The van der Waals surface area contributed by atoms with E-state index < -0.39 is 0 Å². The zero-order valence-electron chi connectivity index (χ0n) is 11.7. The summed E-state index contributed by atoms with van der Waals surface area (Å²) in [5.41, 5.74) is 9.05. The maximum atomic E-state index is 9.71. The lowest BCUT2D eigenvalue weighted by atomic mass is 9.93. The third kappa shape index (κ3) is 1.96. The summed E-state index contributed by atoms with van der Waals surface area (Å²) >= 11 is 0. The number of para-hydroxylation sites is 1. The summed E-state index contributed by atoms with van der Waals surface area (Å²) in [6.07, 6.45) is 5.15. The summed E-state index contributed by atoms with van der Waals surface area (Å²) in [5, 5.41) is 10.8. The Balaban J connectivity index is 1.95. The summed E-state index contributed by atoms with van der Waals surface area (Å²) in [5.74, 6) is 0.546. The first-order valence-corrected chi connectivity index (χ1v) is 7.43. The van der Waals surface area contributed by atoms with Crippen molar-refractivity contribution >= 4 is 27.9 Å². The Morgan fingerprint density at radius 1 is 1.10 bits per heavy atom. The summed E-state index contributed by atoms with van der Waals surface area (Å²) in [6.45, 7) is 0. The maximum absolute atomic E-state index is 9.71. The Kier molecular flexibility index (Phi) is 2.82. The Hall–Kier alpha value is -2.14. The lowest BCUT2D eigenvalue weighted by Gasteiger charge is -2.27. The van der Waals surface area contributed by atoms with Gasteiger partial charge < -0.3 is 15.4 Å². The van der Waals surface area contributed by atoms with Gasteiger partial charge in [0.2, 0.25) is 5.95 Å². The van der Waals surface area contributed by atoms with Crippen molar-refractivity contribution in [1.29, 1.82) is 0 Å². The van der Waals surface area contributed by atoms with Crippen LogP contribution in [0.25, 0.3) is 21.9 Å². The average Bonchev–Trinajstić information content (AvgIpc) is 2.85. The van der Waals surface area contributed by atoms with Gasteiger partial charge in [-0.2, -0.15) is 0 Å². The van der Waals surface area contributed by atoms with E-state index in [0.717, 1.165) is 47.6 Å². The van der Waals surface area contributed by atoms with Crippen molar-refractivity contribution in [1.82, 2.24) is 14.5 Å². The number of rotatable bonds is 1. The van der Waals surface area contributed by atoms with Crippen LogP contribution < -0.4 is 5.73 Å². The second-order valence-corrected chi connectivity index (χ2v) is 5.81. The van der Waals surface area contributed by atoms with Crippen LogP contribution in [0.5, 0.6) is 0 Å². The Bertz CT molecular complexity index is 802. The highest BCUT2D eigenvalue weighted by atomic mass is 16.3. The second-order valence-electron chi connectivity index (χ2n) is 5.81. The van der Waals surface area contributed by atoms with Crippen molar-refractivity contribution in [3.63, 3.8) is 0 Å². The van der Waals surface area contributed by atoms with Gasteiger partial charge >= 0.3 is 0 Å². The van der Waals surface area contributed by atoms with Crippen LogP contribution >= 0.6 is 0 Å². The predicted octanol–water partition coefficient (Wildman–Crippen LogP) is 2.64. The molecule has 0 atom stereocenters. The van der Waals surface area contributed by atoms with Crippen molar-refractivity contribution in [3.05, 3.63) is 30.5 Å². The molecule has 0 unspecified atom stereocenters. The molecule has 5 nitrogen and oxygen atoms in total. The smallest absolute Gasteiger partial charge is 0.201 e. The highest BCUT2D eigenvalue weighted by Crippen LogP contribution is 2.35. The minimum atomic E-state index is -0.171. The van der Waals surface area contributed by atoms with Gasteiger partial charge in [0.25, 0.3) is 0 Å². The first-order chi connectivity index (χ1) is 10.2. The fraction of sp³-hybridized carbons (Fsp3) is 0.375. The Morgan fingerprint density at radius 3 is 2.67 bits per heavy atom. The molecule has 1 aromatic carbocycles. The number of fused-ring (bicyclic) bond motifs is 3. The van der Waals surface area contributed by atoms with Crippen molar-refractivity contribution in [2.75, 3.05) is 5.73 Å². The predicted molar refractivity (Wildman–Crippen MR) is 83.0 cm³/mol. The molecule has 108 valence electrons. The number of hydrogen-bond acceptors (Lipinski definition) is 4. The van der Waals surface area contributed by atoms with Crippen LogP contribution in [0.1, 0.15) is 31.7 Å². The lowest BCUT2D eigenvalue weighted by molar-refractivity contribution is 0.112. The van der Waals surface area contributed by atoms with E-state index in [9.17, 15) is 5.11 Å². The van der Waals surface area contributed by atoms with Crippen molar-refractivity contribution in [2.24, 2.45) is 0 Å². The molecule has 0 saturated heterocycles. The molecule has 21 heavy (non-hydrogen) atoms. The van der Waals surface area contributed by atoms with Gasteiger partial charge in [0.05, 0.1) is 23.3 Å². The van der Waals surface area contributed by atoms with Gasteiger partial charge in [-0.25, -0.2) is 4.98 Å². The summed E-state index contributed by atoms with van der Waals surface area (Å²) in [6, 6.07) is 8.39. The molecular formula is C16H18N4O. The van der Waals surface area contributed by atoms with E-state index in [1.807, 2.05) is 18.2 Å². The SMILES string of the molecule is Nc1nc2cnc3ccccc3c2n1C1CCC(O)CC1. The largest absolute Gasteiger partial charge is 0.393 e. The van der Waals surface area contributed by atoms with E-state index in [0.29, 0.717) is 12.0 Å².